The number of hydrogen-bond donors (Lipinski definition) is 3. The van der Waals surface area contributed by atoms with Crippen LogP contribution in [0.2, 0.25) is 0 Å². The molecule has 3 N–H and O–H groups in total. The largest absolute Gasteiger partial charge is 0.480 e. The number of aliphatic carboxylic acids is 1. The summed E-state index contributed by atoms with van der Waals surface area (Å²) in [5.74, 6) is -0.405. The van der Waals surface area contributed by atoms with Crippen LogP contribution < -0.4 is 10.6 Å². The van der Waals surface area contributed by atoms with Gasteiger partial charge in [-0.3, -0.25) is 4.79 Å². The van der Waals surface area contributed by atoms with Crippen molar-refractivity contribution in [3.63, 3.8) is 0 Å². The van der Waals surface area contributed by atoms with E-state index in [0.29, 0.717) is 38.1 Å². The first-order chi connectivity index (χ1) is 9.99. The van der Waals surface area contributed by atoms with Crippen LogP contribution >= 0.6 is 11.8 Å². The predicted octanol–water partition coefficient (Wildman–Crippen LogP) is 0.360. The first-order valence-electron chi connectivity index (χ1n) is 6.98. The summed E-state index contributed by atoms with van der Waals surface area (Å²) in [5.41, 5.74) is 0. The zero-order valence-corrected chi connectivity index (χ0v) is 13.2. The number of urea groups is 1. The second-order valence-corrected chi connectivity index (χ2v) is 5.98. The standard InChI is InChI=1S/C13H23N3O4S/c1-14-11(17)9-3-6-16(7-4-9)13(20)15-10(12(18)19)5-8-21-2/h9-10H,3-8H2,1-2H3,(H,14,17)(H,15,20)(H,18,19). The van der Waals surface area contributed by atoms with Gasteiger partial charge in [0.15, 0.2) is 0 Å². The first kappa shape index (κ1) is 17.6. The summed E-state index contributed by atoms with van der Waals surface area (Å²) >= 11 is 1.54. The molecule has 3 amide bonds. The summed E-state index contributed by atoms with van der Waals surface area (Å²) in [6, 6.07) is -1.22. The van der Waals surface area contributed by atoms with Gasteiger partial charge in [-0.1, -0.05) is 0 Å². The highest BCUT2D eigenvalue weighted by atomic mass is 32.2. The van der Waals surface area contributed by atoms with Crippen molar-refractivity contribution >= 4 is 29.7 Å². The van der Waals surface area contributed by atoms with Gasteiger partial charge in [0, 0.05) is 26.1 Å². The quantitative estimate of drug-likeness (QED) is 0.657. The molecule has 0 radical (unpaired) electrons. The van der Waals surface area contributed by atoms with E-state index in [1.54, 1.807) is 23.7 Å². The van der Waals surface area contributed by atoms with Crippen molar-refractivity contribution < 1.29 is 19.5 Å². The highest BCUT2D eigenvalue weighted by molar-refractivity contribution is 7.98. The third kappa shape index (κ3) is 5.45. The Morgan fingerprint density at radius 1 is 1.33 bits per heavy atom. The lowest BCUT2D eigenvalue weighted by atomic mass is 9.96. The average Bonchev–Trinajstić information content (AvgIpc) is 2.50. The summed E-state index contributed by atoms with van der Waals surface area (Å²) in [6.45, 7) is 0.942. The molecule has 8 heteroatoms. The molecule has 1 fully saturated rings. The Morgan fingerprint density at radius 3 is 2.43 bits per heavy atom. The number of carboxylic acids is 1. The maximum Gasteiger partial charge on any atom is 0.326 e. The number of thioether (sulfide) groups is 1. The van der Waals surface area contributed by atoms with Crippen LogP contribution in [0.15, 0.2) is 0 Å². The van der Waals surface area contributed by atoms with E-state index in [4.69, 9.17) is 5.11 Å². The molecule has 0 aliphatic carbocycles. The van der Waals surface area contributed by atoms with Gasteiger partial charge >= 0.3 is 12.0 Å². The van der Waals surface area contributed by atoms with Gasteiger partial charge in [0.25, 0.3) is 0 Å². The molecular formula is C13H23N3O4S. The number of hydrogen-bond acceptors (Lipinski definition) is 4. The third-order valence-corrected chi connectivity index (χ3v) is 4.25. The third-order valence-electron chi connectivity index (χ3n) is 3.61. The van der Waals surface area contributed by atoms with Crippen molar-refractivity contribution in [3.8, 4) is 0 Å². The molecule has 1 unspecified atom stereocenters. The van der Waals surface area contributed by atoms with Gasteiger partial charge in [-0.25, -0.2) is 9.59 Å². The summed E-state index contributed by atoms with van der Waals surface area (Å²) in [5, 5.41) is 14.3. The van der Waals surface area contributed by atoms with Crippen molar-refractivity contribution in [2.24, 2.45) is 5.92 Å². The molecular weight excluding hydrogens is 294 g/mol. The van der Waals surface area contributed by atoms with Gasteiger partial charge in [0.2, 0.25) is 5.91 Å². The summed E-state index contributed by atoms with van der Waals surface area (Å²) in [7, 11) is 1.60. The van der Waals surface area contributed by atoms with Gasteiger partial charge in [-0.2, -0.15) is 11.8 Å². The fraction of sp³-hybridized carbons (Fsp3) is 0.769. The maximum absolute atomic E-state index is 12.1. The molecule has 21 heavy (non-hydrogen) atoms. The summed E-state index contributed by atoms with van der Waals surface area (Å²) in [6.07, 6.45) is 3.51. The van der Waals surface area contributed by atoms with Crippen LogP contribution in [0.4, 0.5) is 4.79 Å². The molecule has 0 bridgehead atoms. The fourth-order valence-corrected chi connectivity index (χ4v) is 2.75. The molecule has 7 nitrogen and oxygen atoms in total. The second kappa shape index (κ2) is 8.76. The van der Waals surface area contributed by atoms with Gasteiger partial charge in [0.05, 0.1) is 0 Å². The van der Waals surface area contributed by atoms with E-state index in [2.05, 4.69) is 10.6 Å². The Hall–Kier alpha value is -1.44. The van der Waals surface area contributed by atoms with E-state index in [1.807, 2.05) is 6.26 Å². The van der Waals surface area contributed by atoms with E-state index in [9.17, 15) is 14.4 Å². The topological polar surface area (TPSA) is 98.7 Å². The highest BCUT2D eigenvalue weighted by Crippen LogP contribution is 2.17. The molecule has 0 aromatic rings. The van der Waals surface area contributed by atoms with Crippen molar-refractivity contribution in [3.05, 3.63) is 0 Å². The number of carbonyl (C=O) groups is 3. The lowest BCUT2D eigenvalue weighted by molar-refractivity contribution is -0.139. The number of rotatable bonds is 6. The molecule has 0 saturated carbocycles. The summed E-state index contributed by atoms with van der Waals surface area (Å²) < 4.78 is 0. The SMILES string of the molecule is CNC(=O)C1CCN(C(=O)NC(CCSC)C(=O)O)CC1. The van der Waals surface area contributed by atoms with Gasteiger partial charge in [-0.15, -0.1) is 0 Å². The lowest BCUT2D eigenvalue weighted by Gasteiger charge is -2.32. The minimum absolute atomic E-state index is 0.00144. The number of carbonyl (C=O) groups excluding carboxylic acids is 2. The van der Waals surface area contributed by atoms with Crippen LogP contribution in [0.3, 0.4) is 0 Å². The molecule has 0 spiro atoms. The monoisotopic (exact) mass is 317 g/mol. The fourth-order valence-electron chi connectivity index (χ4n) is 2.28. The van der Waals surface area contributed by atoms with E-state index in [1.165, 1.54) is 0 Å². The van der Waals surface area contributed by atoms with Crippen molar-refractivity contribution in [1.29, 1.82) is 0 Å². The number of nitrogens with one attached hydrogen (secondary N) is 2. The van der Waals surface area contributed by atoms with Gasteiger partial charge in [-0.05, 0) is 31.3 Å². The second-order valence-electron chi connectivity index (χ2n) is 5.00. The van der Waals surface area contributed by atoms with Crippen LogP contribution in [-0.2, 0) is 9.59 Å². The molecule has 1 rings (SSSR count). The molecule has 1 saturated heterocycles. The van der Waals surface area contributed by atoms with Gasteiger partial charge in [0.1, 0.15) is 6.04 Å². The zero-order chi connectivity index (χ0) is 15.8. The average molecular weight is 317 g/mol. The van der Waals surface area contributed by atoms with Crippen LogP contribution in [0, 0.1) is 5.92 Å². The normalized spacial score (nSPS) is 17.1. The minimum Gasteiger partial charge on any atom is -0.480 e. The Bertz CT molecular complexity index is 384. The van der Waals surface area contributed by atoms with Gasteiger partial charge < -0.3 is 20.6 Å². The molecule has 1 aliphatic heterocycles. The molecule has 1 heterocycles. The Balaban J connectivity index is 2.45. The Kier molecular flexibility index (Phi) is 7.35. The first-order valence-corrected chi connectivity index (χ1v) is 8.37. The maximum atomic E-state index is 12.1. The number of carboxylic acid groups (broad SMARTS) is 1. The van der Waals surface area contributed by atoms with E-state index >= 15 is 0 Å². The van der Waals surface area contributed by atoms with E-state index in [-0.39, 0.29) is 17.9 Å². The van der Waals surface area contributed by atoms with Crippen LogP contribution in [0.25, 0.3) is 0 Å². The molecule has 1 aliphatic rings. The number of likely N-dealkylation sites (tertiary alicyclic amines) is 1. The highest BCUT2D eigenvalue weighted by Gasteiger charge is 2.28. The van der Waals surface area contributed by atoms with E-state index in [0.717, 1.165) is 0 Å². The Labute approximate surface area is 128 Å². The minimum atomic E-state index is -1.02. The number of piperidine rings is 1. The van der Waals surface area contributed by atoms with Crippen molar-refractivity contribution in [2.45, 2.75) is 25.3 Å². The number of nitrogens with zero attached hydrogens (tertiary/aromatic N) is 1. The van der Waals surface area contributed by atoms with Crippen molar-refractivity contribution in [1.82, 2.24) is 15.5 Å². The Morgan fingerprint density at radius 2 is 1.95 bits per heavy atom. The van der Waals surface area contributed by atoms with Crippen LogP contribution in [-0.4, -0.2) is 66.1 Å². The smallest absolute Gasteiger partial charge is 0.326 e. The van der Waals surface area contributed by atoms with Crippen molar-refractivity contribution in [2.75, 3.05) is 32.1 Å². The zero-order valence-electron chi connectivity index (χ0n) is 12.4. The predicted molar refractivity (Wildman–Crippen MR) is 81.3 cm³/mol. The molecule has 0 aromatic carbocycles. The number of amides is 3. The lowest BCUT2D eigenvalue weighted by Crippen LogP contribution is -2.51. The van der Waals surface area contributed by atoms with Crippen LogP contribution in [0.5, 0.6) is 0 Å². The van der Waals surface area contributed by atoms with E-state index < -0.39 is 12.0 Å². The molecule has 0 aromatic heterocycles. The van der Waals surface area contributed by atoms with Crippen LogP contribution in [0.1, 0.15) is 19.3 Å². The molecule has 1 atom stereocenters. The molecule has 120 valence electrons. The summed E-state index contributed by atoms with van der Waals surface area (Å²) in [4.78, 5) is 36.3.